The summed E-state index contributed by atoms with van der Waals surface area (Å²) >= 11 is 0. The first-order valence-electron chi connectivity index (χ1n) is 7.53. The standard InChI is InChI=1S/C18H21N3O2/c1-12-18(19)21-16-9-14(6-7-17(16)23-12)11-20-10-13-4-3-5-15(8-13)22-2/h3-9,20-21H,10-11,19H2,1-2H3. The highest BCUT2D eigenvalue weighted by Gasteiger charge is 2.14. The molecule has 4 N–H and O–H groups in total. The third-order valence-electron chi connectivity index (χ3n) is 3.75. The second-order valence-corrected chi connectivity index (χ2v) is 5.48. The van der Waals surface area contributed by atoms with Crippen LogP contribution in [-0.2, 0) is 13.1 Å². The van der Waals surface area contributed by atoms with E-state index in [0.717, 1.165) is 35.8 Å². The molecule has 0 saturated carbocycles. The van der Waals surface area contributed by atoms with Gasteiger partial charge in [0, 0.05) is 13.1 Å². The fraction of sp³-hybridized carbons (Fsp3) is 0.222. The van der Waals surface area contributed by atoms with E-state index in [9.17, 15) is 0 Å². The van der Waals surface area contributed by atoms with E-state index in [4.69, 9.17) is 15.2 Å². The van der Waals surface area contributed by atoms with Gasteiger partial charge in [0.05, 0.1) is 12.8 Å². The van der Waals surface area contributed by atoms with Crippen molar-refractivity contribution in [3.05, 3.63) is 65.2 Å². The second-order valence-electron chi connectivity index (χ2n) is 5.48. The molecule has 2 aromatic rings. The predicted octanol–water partition coefficient (Wildman–Crippen LogP) is 2.94. The third kappa shape index (κ3) is 3.57. The summed E-state index contributed by atoms with van der Waals surface area (Å²) in [6.07, 6.45) is 0. The lowest BCUT2D eigenvalue weighted by molar-refractivity contribution is 0.414. The number of ether oxygens (including phenoxy) is 2. The lowest BCUT2D eigenvalue weighted by Crippen LogP contribution is -2.19. The van der Waals surface area contributed by atoms with Gasteiger partial charge in [-0.2, -0.15) is 0 Å². The van der Waals surface area contributed by atoms with E-state index in [2.05, 4.69) is 16.7 Å². The van der Waals surface area contributed by atoms with Crippen molar-refractivity contribution in [2.45, 2.75) is 20.0 Å². The number of benzene rings is 2. The maximum atomic E-state index is 5.86. The molecule has 0 saturated heterocycles. The van der Waals surface area contributed by atoms with Gasteiger partial charge in [0.25, 0.3) is 0 Å². The summed E-state index contributed by atoms with van der Waals surface area (Å²) in [6.45, 7) is 3.38. The zero-order valence-corrected chi connectivity index (χ0v) is 13.3. The monoisotopic (exact) mass is 311 g/mol. The molecular formula is C18H21N3O2. The van der Waals surface area contributed by atoms with Crippen LogP contribution in [0, 0.1) is 0 Å². The fourth-order valence-electron chi connectivity index (χ4n) is 2.46. The number of anilines is 1. The minimum Gasteiger partial charge on any atom is -0.497 e. The SMILES string of the molecule is COc1cccc(CNCc2ccc3c(c2)NC(N)=C(C)O3)c1. The number of rotatable bonds is 5. The van der Waals surface area contributed by atoms with Crippen LogP contribution < -0.4 is 25.8 Å². The molecule has 0 fully saturated rings. The van der Waals surface area contributed by atoms with Crippen LogP contribution in [0.1, 0.15) is 18.1 Å². The molecule has 0 atom stereocenters. The van der Waals surface area contributed by atoms with Crippen molar-refractivity contribution in [2.75, 3.05) is 12.4 Å². The number of allylic oxidation sites excluding steroid dienone is 1. The van der Waals surface area contributed by atoms with Gasteiger partial charge in [-0.3, -0.25) is 0 Å². The van der Waals surface area contributed by atoms with Gasteiger partial charge in [0.15, 0.2) is 5.75 Å². The number of hydrogen-bond donors (Lipinski definition) is 3. The van der Waals surface area contributed by atoms with Crippen LogP contribution in [0.25, 0.3) is 0 Å². The van der Waals surface area contributed by atoms with Crippen LogP contribution >= 0.6 is 0 Å². The molecule has 0 aliphatic carbocycles. The Balaban J connectivity index is 1.61. The molecule has 2 aromatic carbocycles. The molecule has 0 bridgehead atoms. The molecule has 120 valence electrons. The first-order chi connectivity index (χ1) is 11.2. The van der Waals surface area contributed by atoms with E-state index in [-0.39, 0.29) is 0 Å². The Morgan fingerprint density at radius 1 is 1.13 bits per heavy atom. The molecular weight excluding hydrogens is 290 g/mol. The summed E-state index contributed by atoms with van der Waals surface area (Å²) in [6, 6.07) is 14.1. The highest BCUT2D eigenvalue weighted by molar-refractivity contribution is 5.63. The molecule has 1 heterocycles. The topological polar surface area (TPSA) is 68.5 Å². The Hall–Kier alpha value is -2.66. The molecule has 1 aliphatic rings. The molecule has 5 nitrogen and oxygen atoms in total. The Morgan fingerprint density at radius 3 is 2.70 bits per heavy atom. The summed E-state index contributed by atoms with van der Waals surface area (Å²) in [5.74, 6) is 2.92. The maximum absolute atomic E-state index is 5.86. The minimum absolute atomic E-state index is 0.555. The number of hydrogen-bond acceptors (Lipinski definition) is 5. The molecule has 1 aliphatic heterocycles. The molecule has 0 amide bonds. The molecule has 5 heteroatoms. The van der Waals surface area contributed by atoms with Crippen molar-refractivity contribution in [1.29, 1.82) is 0 Å². The van der Waals surface area contributed by atoms with E-state index in [1.807, 2.05) is 43.3 Å². The zero-order valence-electron chi connectivity index (χ0n) is 13.3. The Kier molecular flexibility index (Phi) is 4.39. The summed E-state index contributed by atoms with van der Waals surface area (Å²) in [7, 11) is 1.68. The third-order valence-corrected chi connectivity index (χ3v) is 3.75. The molecule has 0 unspecified atom stereocenters. The first kappa shape index (κ1) is 15.2. The van der Waals surface area contributed by atoms with Gasteiger partial charge in [-0.1, -0.05) is 18.2 Å². The van der Waals surface area contributed by atoms with Crippen molar-refractivity contribution >= 4 is 5.69 Å². The van der Waals surface area contributed by atoms with Crippen molar-refractivity contribution in [3.63, 3.8) is 0 Å². The normalized spacial score (nSPS) is 13.1. The van der Waals surface area contributed by atoms with E-state index < -0.39 is 0 Å². The highest BCUT2D eigenvalue weighted by Crippen LogP contribution is 2.31. The average Bonchev–Trinajstić information content (AvgIpc) is 2.56. The average molecular weight is 311 g/mol. The lowest BCUT2D eigenvalue weighted by atomic mass is 10.1. The lowest BCUT2D eigenvalue weighted by Gasteiger charge is -2.21. The number of nitrogens with one attached hydrogen (secondary N) is 2. The molecule has 0 radical (unpaired) electrons. The summed E-state index contributed by atoms with van der Waals surface area (Å²) in [4.78, 5) is 0. The zero-order chi connectivity index (χ0) is 16.2. The smallest absolute Gasteiger partial charge is 0.150 e. The number of nitrogens with two attached hydrogens (primary N) is 1. The predicted molar refractivity (Wildman–Crippen MR) is 91.1 cm³/mol. The van der Waals surface area contributed by atoms with Gasteiger partial charge in [0.2, 0.25) is 0 Å². The van der Waals surface area contributed by atoms with Crippen molar-refractivity contribution in [3.8, 4) is 11.5 Å². The molecule has 3 rings (SSSR count). The Morgan fingerprint density at radius 2 is 1.91 bits per heavy atom. The quantitative estimate of drug-likeness (QED) is 0.792. The van der Waals surface area contributed by atoms with Crippen molar-refractivity contribution in [2.24, 2.45) is 5.73 Å². The van der Waals surface area contributed by atoms with Crippen LogP contribution in [0.4, 0.5) is 5.69 Å². The van der Waals surface area contributed by atoms with Gasteiger partial charge >= 0.3 is 0 Å². The second kappa shape index (κ2) is 6.62. The Bertz CT molecular complexity index is 741. The van der Waals surface area contributed by atoms with E-state index in [1.54, 1.807) is 7.11 Å². The van der Waals surface area contributed by atoms with Crippen molar-refractivity contribution in [1.82, 2.24) is 5.32 Å². The largest absolute Gasteiger partial charge is 0.497 e. The molecule has 0 aromatic heterocycles. The van der Waals surface area contributed by atoms with Gasteiger partial charge < -0.3 is 25.8 Å². The van der Waals surface area contributed by atoms with Gasteiger partial charge in [-0.05, 0) is 42.3 Å². The van der Waals surface area contributed by atoms with E-state index in [1.165, 1.54) is 5.56 Å². The van der Waals surface area contributed by atoms with Crippen LogP contribution in [0.15, 0.2) is 54.0 Å². The van der Waals surface area contributed by atoms with E-state index >= 15 is 0 Å². The Labute approximate surface area is 136 Å². The van der Waals surface area contributed by atoms with Gasteiger partial charge in [-0.15, -0.1) is 0 Å². The fourth-order valence-corrected chi connectivity index (χ4v) is 2.46. The van der Waals surface area contributed by atoms with Crippen LogP contribution in [0.2, 0.25) is 0 Å². The van der Waals surface area contributed by atoms with Crippen molar-refractivity contribution < 1.29 is 9.47 Å². The van der Waals surface area contributed by atoms with Crippen LogP contribution in [0.5, 0.6) is 11.5 Å². The summed E-state index contributed by atoms with van der Waals surface area (Å²) in [5, 5.41) is 6.59. The van der Waals surface area contributed by atoms with Gasteiger partial charge in [-0.25, -0.2) is 0 Å². The number of fused-ring (bicyclic) bond motifs is 1. The molecule has 23 heavy (non-hydrogen) atoms. The van der Waals surface area contributed by atoms with Crippen LogP contribution in [-0.4, -0.2) is 7.11 Å². The van der Waals surface area contributed by atoms with E-state index in [0.29, 0.717) is 11.6 Å². The first-order valence-corrected chi connectivity index (χ1v) is 7.53. The maximum Gasteiger partial charge on any atom is 0.150 e. The van der Waals surface area contributed by atoms with Crippen LogP contribution in [0.3, 0.4) is 0 Å². The minimum atomic E-state index is 0.555. The molecule has 0 spiro atoms. The van der Waals surface area contributed by atoms with Gasteiger partial charge in [0.1, 0.15) is 17.3 Å². The summed E-state index contributed by atoms with van der Waals surface area (Å²) < 4.78 is 10.9. The number of methoxy groups -OCH3 is 1. The summed E-state index contributed by atoms with van der Waals surface area (Å²) in [5.41, 5.74) is 9.11. The highest BCUT2D eigenvalue weighted by atomic mass is 16.5.